The molecule has 3 rings (SSSR count). The molecule has 0 amide bonds. The second-order valence-electron chi connectivity index (χ2n) is 6.28. The molecule has 0 radical (unpaired) electrons. The van der Waals surface area contributed by atoms with Crippen LogP contribution in [0.5, 0.6) is 5.75 Å². The minimum absolute atomic E-state index is 0.0558. The zero-order valence-electron chi connectivity index (χ0n) is 16.1. The van der Waals surface area contributed by atoms with Crippen molar-refractivity contribution in [2.75, 3.05) is 17.2 Å². The molecule has 0 bridgehead atoms. The Morgan fingerprint density at radius 1 is 1.00 bits per heavy atom. The molecular formula is C20H19F2N5O3. The van der Waals surface area contributed by atoms with Crippen molar-refractivity contribution in [1.82, 2.24) is 9.97 Å². The van der Waals surface area contributed by atoms with Crippen LogP contribution in [0.4, 0.5) is 37.5 Å². The van der Waals surface area contributed by atoms with Crippen LogP contribution in [0, 0.1) is 21.7 Å². The Morgan fingerprint density at radius 3 is 2.23 bits per heavy atom. The molecular weight excluding hydrogens is 396 g/mol. The highest BCUT2D eigenvalue weighted by Gasteiger charge is 2.23. The zero-order chi connectivity index (χ0) is 21.5. The van der Waals surface area contributed by atoms with Crippen LogP contribution in [0.25, 0.3) is 0 Å². The van der Waals surface area contributed by atoms with Crippen molar-refractivity contribution < 1.29 is 18.4 Å². The standard InChI is InChI=1S/C20H19F2N5O3/c1-2-3-10-30-15-7-4-13(5-8-15)25-19-18(27(28)29)20(24-12-23-19)26-14-6-9-16(21)17(22)11-14/h4-9,11-12H,2-3,10H2,1H3,(H2,23,24,25,26). The summed E-state index contributed by atoms with van der Waals surface area (Å²) in [5.74, 6) is -1.65. The van der Waals surface area contributed by atoms with Gasteiger partial charge < -0.3 is 15.4 Å². The van der Waals surface area contributed by atoms with Gasteiger partial charge in [-0.1, -0.05) is 13.3 Å². The molecule has 1 heterocycles. The third-order valence-electron chi connectivity index (χ3n) is 4.07. The van der Waals surface area contributed by atoms with Crippen LogP contribution in [-0.4, -0.2) is 21.5 Å². The summed E-state index contributed by atoms with van der Waals surface area (Å²) in [7, 11) is 0. The normalized spacial score (nSPS) is 10.5. The summed E-state index contributed by atoms with van der Waals surface area (Å²) < 4.78 is 32.1. The Hall–Kier alpha value is -3.82. The minimum atomic E-state index is -1.09. The highest BCUT2D eigenvalue weighted by atomic mass is 19.2. The fourth-order valence-electron chi connectivity index (χ4n) is 2.55. The van der Waals surface area contributed by atoms with Gasteiger partial charge in [-0.15, -0.1) is 0 Å². The number of benzene rings is 2. The van der Waals surface area contributed by atoms with Gasteiger partial charge in [0.05, 0.1) is 11.5 Å². The van der Waals surface area contributed by atoms with Crippen LogP contribution in [-0.2, 0) is 0 Å². The molecule has 0 aliphatic rings. The van der Waals surface area contributed by atoms with E-state index in [1.807, 2.05) is 0 Å². The average molecular weight is 415 g/mol. The molecule has 0 unspecified atom stereocenters. The topological polar surface area (TPSA) is 102 Å². The van der Waals surface area contributed by atoms with Crippen LogP contribution in [0.2, 0.25) is 0 Å². The quantitative estimate of drug-likeness (QED) is 0.277. The fraction of sp³-hybridized carbons (Fsp3) is 0.200. The van der Waals surface area contributed by atoms with Gasteiger partial charge in [-0.2, -0.15) is 0 Å². The number of rotatable bonds is 9. The van der Waals surface area contributed by atoms with E-state index in [4.69, 9.17) is 4.74 Å². The van der Waals surface area contributed by atoms with Crippen molar-refractivity contribution >= 4 is 28.7 Å². The third kappa shape index (κ3) is 5.16. The number of hydrogen-bond donors (Lipinski definition) is 2. The van der Waals surface area contributed by atoms with Crippen molar-refractivity contribution in [3.63, 3.8) is 0 Å². The molecule has 2 N–H and O–H groups in total. The first-order chi connectivity index (χ1) is 14.5. The van der Waals surface area contributed by atoms with Gasteiger partial charge in [0.15, 0.2) is 11.6 Å². The Bertz CT molecular complexity index is 1030. The van der Waals surface area contributed by atoms with E-state index in [0.717, 1.165) is 31.3 Å². The first-order valence-corrected chi connectivity index (χ1v) is 9.19. The third-order valence-corrected chi connectivity index (χ3v) is 4.07. The molecule has 0 aliphatic carbocycles. The summed E-state index contributed by atoms with van der Waals surface area (Å²) in [5, 5.41) is 17.1. The molecule has 1 aromatic heterocycles. The van der Waals surface area contributed by atoms with Crippen molar-refractivity contribution in [2.45, 2.75) is 19.8 Å². The molecule has 30 heavy (non-hydrogen) atoms. The lowest BCUT2D eigenvalue weighted by molar-refractivity contribution is -0.383. The largest absolute Gasteiger partial charge is 0.494 e. The summed E-state index contributed by atoms with van der Waals surface area (Å²) in [6.07, 6.45) is 3.10. The van der Waals surface area contributed by atoms with Crippen LogP contribution in [0.15, 0.2) is 48.8 Å². The Balaban J connectivity index is 1.82. The second-order valence-corrected chi connectivity index (χ2v) is 6.28. The van der Waals surface area contributed by atoms with Crippen LogP contribution in [0.1, 0.15) is 19.8 Å². The molecule has 156 valence electrons. The molecule has 0 saturated carbocycles. The number of unbranched alkanes of at least 4 members (excludes halogenated alkanes) is 1. The summed E-state index contributed by atoms with van der Waals surface area (Å²) in [6.45, 7) is 2.68. The van der Waals surface area contributed by atoms with E-state index in [-0.39, 0.29) is 17.3 Å². The SMILES string of the molecule is CCCCOc1ccc(Nc2ncnc(Nc3ccc(F)c(F)c3)c2[N+](=O)[O-])cc1. The molecule has 0 aliphatic heterocycles. The van der Waals surface area contributed by atoms with E-state index in [9.17, 15) is 18.9 Å². The average Bonchev–Trinajstić information content (AvgIpc) is 2.72. The van der Waals surface area contributed by atoms with E-state index >= 15 is 0 Å². The summed E-state index contributed by atoms with van der Waals surface area (Å²) in [6, 6.07) is 9.93. The molecule has 3 aromatic rings. The number of nitrogens with one attached hydrogen (secondary N) is 2. The summed E-state index contributed by atoms with van der Waals surface area (Å²) >= 11 is 0. The number of nitro groups is 1. The second kappa shape index (κ2) is 9.59. The Morgan fingerprint density at radius 2 is 1.63 bits per heavy atom. The molecule has 0 fully saturated rings. The minimum Gasteiger partial charge on any atom is -0.494 e. The summed E-state index contributed by atoms with van der Waals surface area (Å²) in [5.41, 5.74) is 0.221. The molecule has 0 atom stereocenters. The highest BCUT2D eigenvalue weighted by Crippen LogP contribution is 2.33. The van der Waals surface area contributed by atoms with E-state index in [1.165, 1.54) is 6.07 Å². The number of anilines is 4. The van der Waals surface area contributed by atoms with E-state index < -0.39 is 22.2 Å². The smallest absolute Gasteiger partial charge is 0.353 e. The van der Waals surface area contributed by atoms with Crippen molar-refractivity contribution in [1.29, 1.82) is 0 Å². The van der Waals surface area contributed by atoms with Gasteiger partial charge in [-0.3, -0.25) is 10.1 Å². The number of halogens is 2. The van der Waals surface area contributed by atoms with Crippen molar-refractivity contribution in [3.05, 3.63) is 70.5 Å². The van der Waals surface area contributed by atoms with Crippen LogP contribution < -0.4 is 15.4 Å². The maximum atomic E-state index is 13.4. The number of nitrogens with zero attached hydrogens (tertiary/aromatic N) is 3. The molecule has 8 nitrogen and oxygen atoms in total. The predicted octanol–water partition coefficient (Wildman–Crippen LogP) is 5.33. The number of ether oxygens (including phenoxy) is 1. The maximum absolute atomic E-state index is 13.4. The van der Waals surface area contributed by atoms with Crippen molar-refractivity contribution in [3.8, 4) is 5.75 Å². The maximum Gasteiger partial charge on any atom is 0.353 e. The van der Waals surface area contributed by atoms with Gasteiger partial charge in [0.1, 0.15) is 12.1 Å². The monoisotopic (exact) mass is 415 g/mol. The lowest BCUT2D eigenvalue weighted by atomic mass is 10.2. The lowest BCUT2D eigenvalue weighted by Crippen LogP contribution is -2.06. The van der Waals surface area contributed by atoms with E-state index in [1.54, 1.807) is 24.3 Å². The van der Waals surface area contributed by atoms with Crippen LogP contribution in [0.3, 0.4) is 0 Å². The molecule has 2 aromatic carbocycles. The first-order valence-electron chi connectivity index (χ1n) is 9.19. The molecule has 0 spiro atoms. The van der Waals surface area contributed by atoms with E-state index in [2.05, 4.69) is 27.5 Å². The fourth-order valence-corrected chi connectivity index (χ4v) is 2.55. The predicted molar refractivity (Wildman–Crippen MR) is 108 cm³/mol. The van der Waals surface area contributed by atoms with Gasteiger partial charge >= 0.3 is 5.69 Å². The molecule has 10 heteroatoms. The Labute approximate surface area is 171 Å². The van der Waals surface area contributed by atoms with Gasteiger partial charge in [-0.05, 0) is 42.8 Å². The van der Waals surface area contributed by atoms with Crippen LogP contribution >= 0.6 is 0 Å². The Kier molecular flexibility index (Phi) is 6.68. The van der Waals surface area contributed by atoms with Gasteiger partial charge in [0.25, 0.3) is 0 Å². The first kappa shape index (κ1) is 20.9. The number of hydrogen-bond acceptors (Lipinski definition) is 7. The highest BCUT2D eigenvalue weighted by molar-refractivity contribution is 5.76. The van der Waals surface area contributed by atoms with Gasteiger partial charge in [-0.25, -0.2) is 18.7 Å². The zero-order valence-corrected chi connectivity index (χ0v) is 16.1. The van der Waals surface area contributed by atoms with Gasteiger partial charge in [0.2, 0.25) is 11.6 Å². The number of aromatic nitrogens is 2. The van der Waals surface area contributed by atoms with Gasteiger partial charge in [0, 0.05) is 17.4 Å². The summed E-state index contributed by atoms with van der Waals surface area (Å²) in [4.78, 5) is 18.8. The lowest BCUT2D eigenvalue weighted by Gasteiger charge is -2.11. The van der Waals surface area contributed by atoms with Crippen molar-refractivity contribution in [2.24, 2.45) is 0 Å². The molecule has 0 saturated heterocycles. The van der Waals surface area contributed by atoms with E-state index in [0.29, 0.717) is 18.0 Å².